The molecule has 20 heavy (non-hydrogen) atoms. The highest BCUT2D eigenvalue weighted by Crippen LogP contribution is 2.11. The predicted molar refractivity (Wildman–Crippen MR) is 88.5 cm³/mol. The van der Waals surface area contributed by atoms with Crippen LogP contribution in [0.25, 0.3) is 0 Å². The molecule has 1 aromatic carbocycles. The molecule has 110 valence electrons. The summed E-state index contributed by atoms with van der Waals surface area (Å²) < 4.78 is 0. The van der Waals surface area contributed by atoms with E-state index in [2.05, 4.69) is 66.8 Å². The predicted octanol–water partition coefficient (Wildman–Crippen LogP) is 4.14. The molecular formula is C17H27N3. The van der Waals surface area contributed by atoms with E-state index in [0.717, 1.165) is 18.2 Å². The van der Waals surface area contributed by atoms with Crippen molar-refractivity contribution >= 4 is 11.7 Å². The second-order valence-corrected chi connectivity index (χ2v) is 5.79. The van der Waals surface area contributed by atoms with E-state index in [1.54, 1.807) is 0 Å². The standard InChI is InChI=1S/C17H27N3/c1-13(2)18-17(19-14(3)4)20(15(5)6)12-16-10-8-7-9-11-16/h7-11,13,15H,12H2,1-6H3/b18-17-. The topological polar surface area (TPSA) is 28.0 Å². The van der Waals surface area contributed by atoms with Crippen LogP contribution in [0.2, 0.25) is 0 Å². The van der Waals surface area contributed by atoms with E-state index in [-0.39, 0.29) is 6.04 Å². The van der Waals surface area contributed by atoms with Crippen molar-refractivity contribution in [3.05, 3.63) is 35.9 Å². The van der Waals surface area contributed by atoms with Gasteiger partial charge in [0.05, 0.1) is 0 Å². The number of guanidine groups is 1. The van der Waals surface area contributed by atoms with E-state index < -0.39 is 0 Å². The maximum Gasteiger partial charge on any atom is 0.221 e. The minimum Gasteiger partial charge on any atom is -0.334 e. The summed E-state index contributed by atoms with van der Waals surface area (Å²) in [5.74, 6) is 0.832. The van der Waals surface area contributed by atoms with Crippen molar-refractivity contribution in [3.63, 3.8) is 0 Å². The molecule has 0 unspecified atom stereocenters. The highest BCUT2D eigenvalue weighted by atomic mass is 15.3. The molecule has 0 aliphatic carbocycles. The number of hydrogen-bond acceptors (Lipinski definition) is 1. The minimum atomic E-state index is 0.241. The Bertz CT molecular complexity index is 454. The second kappa shape index (κ2) is 7.83. The fraction of sp³-hybridized carbons (Fsp3) is 0.529. The van der Waals surface area contributed by atoms with Crippen LogP contribution in [0, 0.1) is 0 Å². The minimum absolute atomic E-state index is 0.241. The molecule has 0 bridgehead atoms. The van der Waals surface area contributed by atoms with Gasteiger partial charge in [0.15, 0.2) is 0 Å². The van der Waals surface area contributed by atoms with Gasteiger partial charge >= 0.3 is 0 Å². The zero-order chi connectivity index (χ0) is 15.1. The summed E-state index contributed by atoms with van der Waals surface area (Å²) in [6.07, 6.45) is 0. The van der Waals surface area contributed by atoms with Gasteiger partial charge in [0.2, 0.25) is 5.96 Å². The molecule has 0 fully saturated rings. The normalized spacial score (nSPS) is 11.9. The van der Waals surface area contributed by atoms with Crippen molar-refractivity contribution in [2.24, 2.45) is 9.98 Å². The summed E-state index contributed by atoms with van der Waals surface area (Å²) in [5.41, 5.74) is 2.31. The third-order valence-electron chi connectivity index (χ3n) is 2.77. The van der Waals surface area contributed by atoms with Crippen molar-refractivity contribution in [2.75, 3.05) is 0 Å². The average molecular weight is 273 g/mol. The third-order valence-corrected chi connectivity index (χ3v) is 2.77. The number of aliphatic imine (C=N–C) groups is 2. The van der Waals surface area contributed by atoms with Crippen LogP contribution in [0.15, 0.2) is 40.3 Å². The molecule has 3 heteroatoms. The van der Waals surface area contributed by atoms with Gasteiger partial charge in [0.25, 0.3) is 0 Å². The molecule has 0 heterocycles. The van der Waals surface area contributed by atoms with E-state index in [0.29, 0.717) is 6.04 Å². The van der Waals surface area contributed by atoms with Crippen molar-refractivity contribution in [2.45, 2.75) is 60.2 Å². The lowest BCUT2D eigenvalue weighted by atomic mass is 10.2. The molecule has 0 aliphatic heterocycles. The quantitative estimate of drug-likeness (QED) is 0.598. The highest BCUT2D eigenvalue weighted by molar-refractivity contribution is 5.94. The number of nitrogens with zero attached hydrogens (tertiary/aromatic N) is 3. The van der Waals surface area contributed by atoms with Crippen molar-refractivity contribution in [1.82, 2.24) is 4.90 Å². The third kappa shape index (κ3) is 5.55. The van der Waals surface area contributed by atoms with Crippen LogP contribution in [-0.2, 0) is 6.54 Å². The first kappa shape index (κ1) is 16.4. The number of rotatable bonds is 4. The van der Waals surface area contributed by atoms with Gasteiger partial charge in [-0.05, 0) is 47.1 Å². The van der Waals surface area contributed by atoms with E-state index in [9.17, 15) is 0 Å². The van der Waals surface area contributed by atoms with E-state index in [1.807, 2.05) is 19.9 Å². The van der Waals surface area contributed by atoms with Crippen LogP contribution in [0.4, 0.5) is 0 Å². The van der Waals surface area contributed by atoms with Crippen molar-refractivity contribution < 1.29 is 0 Å². The molecule has 0 amide bonds. The van der Waals surface area contributed by atoms with Gasteiger partial charge in [-0.25, -0.2) is 9.98 Å². The van der Waals surface area contributed by atoms with Crippen LogP contribution >= 0.6 is 0 Å². The molecule has 0 saturated heterocycles. The first-order valence-corrected chi connectivity index (χ1v) is 7.30. The fourth-order valence-corrected chi connectivity index (χ4v) is 1.86. The van der Waals surface area contributed by atoms with Crippen LogP contribution in [0.5, 0.6) is 0 Å². The van der Waals surface area contributed by atoms with Gasteiger partial charge in [0, 0.05) is 24.3 Å². The van der Waals surface area contributed by atoms with Crippen molar-refractivity contribution in [1.29, 1.82) is 0 Å². The fourth-order valence-electron chi connectivity index (χ4n) is 1.86. The molecule has 0 saturated carbocycles. The Morgan fingerprint density at radius 1 is 1.05 bits per heavy atom. The number of benzene rings is 1. The first-order valence-electron chi connectivity index (χ1n) is 7.30. The maximum atomic E-state index is 4.69. The summed E-state index contributed by atoms with van der Waals surface area (Å²) >= 11 is 0. The van der Waals surface area contributed by atoms with Gasteiger partial charge in [0.1, 0.15) is 0 Å². The number of hydrogen-bond donors (Lipinski definition) is 0. The van der Waals surface area contributed by atoms with Crippen LogP contribution in [0.1, 0.15) is 47.1 Å². The Labute approximate surface area is 123 Å². The maximum absolute atomic E-state index is 4.69. The average Bonchev–Trinajstić information content (AvgIpc) is 2.35. The monoisotopic (exact) mass is 273 g/mol. The lowest BCUT2D eigenvalue weighted by Crippen LogP contribution is -2.36. The molecule has 0 atom stereocenters. The Hall–Kier alpha value is -1.64. The molecule has 1 aromatic rings. The lowest BCUT2D eigenvalue weighted by Gasteiger charge is -2.28. The first-order chi connectivity index (χ1) is 9.40. The van der Waals surface area contributed by atoms with Crippen LogP contribution in [-0.4, -0.2) is 28.7 Å². The summed E-state index contributed by atoms with van der Waals surface area (Å²) in [4.78, 5) is 11.6. The summed E-state index contributed by atoms with van der Waals surface area (Å²) in [6, 6.07) is 11.1. The van der Waals surface area contributed by atoms with Gasteiger partial charge < -0.3 is 4.90 Å². The Morgan fingerprint density at radius 2 is 1.65 bits per heavy atom. The molecule has 0 aromatic heterocycles. The molecule has 3 nitrogen and oxygen atoms in total. The van der Waals surface area contributed by atoms with E-state index in [1.165, 1.54) is 5.56 Å². The van der Waals surface area contributed by atoms with Gasteiger partial charge in [-0.3, -0.25) is 0 Å². The SMILES string of the molecule is CC(C)=N/C(=N/C(C)C)N(Cc1ccccc1)C(C)C. The zero-order valence-corrected chi connectivity index (χ0v) is 13.6. The lowest BCUT2D eigenvalue weighted by molar-refractivity contribution is 0.337. The highest BCUT2D eigenvalue weighted by Gasteiger charge is 2.15. The largest absolute Gasteiger partial charge is 0.334 e. The Balaban J connectivity index is 3.06. The Kier molecular flexibility index (Phi) is 6.43. The van der Waals surface area contributed by atoms with E-state index >= 15 is 0 Å². The molecule has 1 rings (SSSR count). The summed E-state index contributed by atoms with van der Waals surface area (Å²) in [5, 5.41) is 0. The summed E-state index contributed by atoms with van der Waals surface area (Å²) in [7, 11) is 0. The second-order valence-electron chi connectivity index (χ2n) is 5.79. The van der Waals surface area contributed by atoms with Gasteiger partial charge in [-0.2, -0.15) is 0 Å². The zero-order valence-electron chi connectivity index (χ0n) is 13.6. The van der Waals surface area contributed by atoms with E-state index in [4.69, 9.17) is 0 Å². The van der Waals surface area contributed by atoms with Gasteiger partial charge in [-0.15, -0.1) is 0 Å². The van der Waals surface area contributed by atoms with Crippen LogP contribution < -0.4 is 0 Å². The molecule has 0 N–H and O–H groups in total. The Morgan fingerprint density at radius 3 is 2.10 bits per heavy atom. The molecule has 0 radical (unpaired) electrons. The smallest absolute Gasteiger partial charge is 0.221 e. The molecule has 0 spiro atoms. The van der Waals surface area contributed by atoms with Crippen LogP contribution in [0.3, 0.4) is 0 Å². The van der Waals surface area contributed by atoms with Gasteiger partial charge in [-0.1, -0.05) is 30.3 Å². The molecular weight excluding hydrogens is 246 g/mol. The van der Waals surface area contributed by atoms with Crippen molar-refractivity contribution in [3.8, 4) is 0 Å². The summed E-state index contributed by atoms with van der Waals surface area (Å²) in [6.45, 7) is 13.4. The molecule has 0 aliphatic rings.